The van der Waals surface area contributed by atoms with E-state index in [9.17, 15) is 14.0 Å². The lowest BCUT2D eigenvalue weighted by Crippen LogP contribution is -2.28. The smallest absolute Gasteiger partial charge is 0.231 e. The minimum atomic E-state index is -0.919. The predicted octanol–water partition coefficient (Wildman–Crippen LogP) is 4.67. The Morgan fingerprint density at radius 3 is 2.14 bits per heavy atom. The number of nitrogens with zero attached hydrogens (tertiary/aromatic N) is 3. The van der Waals surface area contributed by atoms with Crippen LogP contribution in [-0.4, -0.2) is 33.6 Å². The summed E-state index contributed by atoms with van der Waals surface area (Å²) in [5.74, 6) is 0.814. The summed E-state index contributed by atoms with van der Waals surface area (Å²) in [5, 5.41) is 0.642. The number of ether oxygens (including phenoxy) is 2. The number of fused-ring (bicyclic) bond motifs is 1. The minimum absolute atomic E-state index is 0.0832. The third-order valence-corrected chi connectivity index (χ3v) is 6.27. The second-order valence-corrected chi connectivity index (χ2v) is 8.58. The first-order valence-electron chi connectivity index (χ1n) is 11.2. The molecule has 1 fully saturated rings. The van der Waals surface area contributed by atoms with E-state index in [4.69, 9.17) is 9.47 Å². The monoisotopic (exact) mass is 471 g/mol. The molecule has 0 aliphatic heterocycles. The van der Waals surface area contributed by atoms with Crippen molar-refractivity contribution in [3.8, 4) is 17.5 Å². The Morgan fingerprint density at radius 2 is 1.54 bits per heavy atom. The number of halogens is 1. The lowest BCUT2D eigenvalue weighted by atomic mass is 9.88. The van der Waals surface area contributed by atoms with Gasteiger partial charge in [-0.05, 0) is 48.2 Å². The van der Waals surface area contributed by atoms with Crippen LogP contribution in [0.4, 0.5) is 4.39 Å². The summed E-state index contributed by atoms with van der Waals surface area (Å²) in [6, 6.07) is 14.6. The Bertz CT molecular complexity index is 1400. The zero-order valence-electron chi connectivity index (χ0n) is 19.0. The second-order valence-electron chi connectivity index (χ2n) is 8.58. The summed E-state index contributed by atoms with van der Waals surface area (Å²) in [5.41, 5.74) is 1.23. The first kappa shape index (κ1) is 22.6. The van der Waals surface area contributed by atoms with E-state index in [1.54, 1.807) is 48.7 Å². The van der Waals surface area contributed by atoms with Gasteiger partial charge in [-0.15, -0.1) is 0 Å². The molecule has 35 heavy (non-hydrogen) atoms. The molecule has 0 unspecified atom stereocenters. The molecule has 1 aliphatic rings. The van der Waals surface area contributed by atoms with Gasteiger partial charge in [0.2, 0.25) is 11.8 Å². The Kier molecular flexibility index (Phi) is 5.94. The van der Waals surface area contributed by atoms with Gasteiger partial charge in [-0.3, -0.25) is 9.59 Å². The van der Waals surface area contributed by atoms with Gasteiger partial charge in [0.25, 0.3) is 0 Å². The molecule has 0 atom stereocenters. The number of rotatable bonds is 9. The summed E-state index contributed by atoms with van der Waals surface area (Å²) in [6.07, 6.45) is 4.41. The molecule has 8 heteroatoms. The van der Waals surface area contributed by atoms with E-state index in [1.807, 2.05) is 0 Å². The molecule has 1 saturated carbocycles. The average molecular weight is 471 g/mol. The molecule has 0 bridgehead atoms. The molecule has 0 amide bonds. The van der Waals surface area contributed by atoms with Crippen LogP contribution < -0.4 is 9.47 Å². The number of methoxy groups -OCH3 is 1. The van der Waals surface area contributed by atoms with Crippen LogP contribution in [0.3, 0.4) is 0 Å². The molecular formula is C27H22FN3O4. The average Bonchev–Trinajstić information content (AvgIpc) is 3.69. The zero-order chi connectivity index (χ0) is 24.4. The Hall–Kier alpha value is -4.20. The van der Waals surface area contributed by atoms with E-state index in [-0.39, 0.29) is 30.2 Å². The van der Waals surface area contributed by atoms with Crippen molar-refractivity contribution in [1.82, 2.24) is 15.0 Å². The van der Waals surface area contributed by atoms with E-state index in [0.29, 0.717) is 46.8 Å². The van der Waals surface area contributed by atoms with Crippen molar-refractivity contribution in [2.45, 2.75) is 25.7 Å². The lowest BCUT2D eigenvalue weighted by Gasteiger charge is -2.13. The summed E-state index contributed by atoms with van der Waals surface area (Å²) in [7, 11) is 1.53. The van der Waals surface area contributed by atoms with Crippen LogP contribution in [0, 0.1) is 11.2 Å². The number of carbonyl (C=O) groups is 2. The van der Waals surface area contributed by atoms with Gasteiger partial charge in [0.15, 0.2) is 11.6 Å². The largest absolute Gasteiger partial charge is 0.481 e. The maximum atomic E-state index is 13.1. The van der Waals surface area contributed by atoms with Gasteiger partial charge in [-0.2, -0.15) is 0 Å². The normalized spacial score (nSPS) is 13.9. The van der Waals surface area contributed by atoms with Crippen molar-refractivity contribution in [2.24, 2.45) is 5.41 Å². The van der Waals surface area contributed by atoms with E-state index in [0.717, 1.165) is 5.56 Å². The van der Waals surface area contributed by atoms with Crippen molar-refractivity contribution in [3.05, 3.63) is 84.1 Å². The summed E-state index contributed by atoms with van der Waals surface area (Å²) in [4.78, 5) is 38.5. The van der Waals surface area contributed by atoms with Crippen LogP contribution in [0.5, 0.6) is 17.5 Å². The SMILES string of the molecule is COc1cc2ncnc(Oc3ccc(CC(=O)C4(C(=O)Cc5ccc(F)cc5)CC4)cc3)c2cn1. The van der Waals surface area contributed by atoms with Gasteiger partial charge in [0.05, 0.1) is 23.4 Å². The second kappa shape index (κ2) is 9.21. The van der Waals surface area contributed by atoms with E-state index in [1.165, 1.54) is 25.6 Å². The molecule has 5 rings (SSSR count). The van der Waals surface area contributed by atoms with Gasteiger partial charge in [-0.25, -0.2) is 19.3 Å². The van der Waals surface area contributed by atoms with Crippen molar-refractivity contribution in [3.63, 3.8) is 0 Å². The van der Waals surface area contributed by atoms with Crippen molar-refractivity contribution in [2.75, 3.05) is 7.11 Å². The first-order chi connectivity index (χ1) is 17.0. The maximum absolute atomic E-state index is 13.1. The van der Waals surface area contributed by atoms with Crippen LogP contribution >= 0.6 is 0 Å². The van der Waals surface area contributed by atoms with Gasteiger partial charge in [0.1, 0.15) is 17.9 Å². The Labute approximate surface area is 201 Å². The molecular weight excluding hydrogens is 449 g/mol. The molecule has 0 saturated heterocycles. The highest BCUT2D eigenvalue weighted by molar-refractivity contribution is 6.10. The van der Waals surface area contributed by atoms with E-state index < -0.39 is 5.41 Å². The number of pyridine rings is 1. The van der Waals surface area contributed by atoms with Crippen LogP contribution in [0.25, 0.3) is 10.9 Å². The molecule has 4 aromatic rings. The van der Waals surface area contributed by atoms with Gasteiger partial charge in [-0.1, -0.05) is 24.3 Å². The quantitative estimate of drug-likeness (QED) is 0.328. The highest BCUT2D eigenvalue weighted by Crippen LogP contribution is 2.48. The van der Waals surface area contributed by atoms with Crippen LogP contribution in [-0.2, 0) is 22.4 Å². The number of hydrogen-bond acceptors (Lipinski definition) is 7. The van der Waals surface area contributed by atoms with Crippen LogP contribution in [0.2, 0.25) is 0 Å². The summed E-state index contributed by atoms with van der Waals surface area (Å²) in [6.45, 7) is 0. The number of ketones is 2. The van der Waals surface area contributed by atoms with Crippen molar-refractivity contribution in [1.29, 1.82) is 0 Å². The van der Waals surface area contributed by atoms with Crippen molar-refractivity contribution < 1.29 is 23.5 Å². The molecule has 0 N–H and O–H groups in total. The maximum Gasteiger partial charge on any atom is 0.231 e. The molecule has 2 aromatic carbocycles. The Morgan fingerprint density at radius 1 is 0.914 bits per heavy atom. The number of aromatic nitrogens is 3. The third kappa shape index (κ3) is 4.73. The molecule has 2 heterocycles. The number of benzene rings is 2. The standard InChI is InChI=1S/C27H22FN3O4/c1-34-25-14-22-21(15-29-25)26(31-16-30-22)35-20-8-4-18(5-9-20)13-24(33)27(10-11-27)23(32)12-17-2-6-19(28)7-3-17/h2-9,14-16H,10-13H2,1H3. The molecule has 176 valence electrons. The minimum Gasteiger partial charge on any atom is -0.481 e. The fourth-order valence-corrected chi connectivity index (χ4v) is 4.04. The Balaban J connectivity index is 1.25. The van der Waals surface area contributed by atoms with Crippen LogP contribution in [0.15, 0.2) is 67.1 Å². The highest BCUT2D eigenvalue weighted by Gasteiger charge is 2.54. The van der Waals surface area contributed by atoms with E-state index >= 15 is 0 Å². The fraction of sp³-hybridized carbons (Fsp3) is 0.222. The molecule has 0 spiro atoms. The highest BCUT2D eigenvalue weighted by atomic mass is 19.1. The molecule has 2 aromatic heterocycles. The van der Waals surface area contributed by atoms with Crippen LogP contribution in [0.1, 0.15) is 24.0 Å². The lowest BCUT2D eigenvalue weighted by molar-refractivity contribution is -0.133. The molecule has 0 radical (unpaired) electrons. The molecule has 7 nitrogen and oxygen atoms in total. The number of carbonyl (C=O) groups excluding carboxylic acids is 2. The van der Waals surface area contributed by atoms with Gasteiger partial charge >= 0.3 is 0 Å². The van der Waals surface area contributed by atoms with Gasteiger partial charge < -0.3 is 9.47 Å². The van der Waals surface area contributed by atoms with Crippen molar-refractivity contribution >= 4 is 22.5 Å². The fourth-order valence-electron chi connectivity index (χ4n) is 4.04. The molecule has 1 aliphatic carbocycles. The van der Waals surface area contributed by atoms with Gasteiger partial charge in [0, 0.05) is 25.1 Å². The summed E-state index contributed by atoms with van der Waals surface area (Å²) < 4.78 is 24.2. The number of Topliss-reactive ketones (excluding diaryl/α,β-unsaturated/α-hetero) is 2. The first-order valence-corrected chi connectivity index (χ1v) is 11.2. The summed E-state index contributed by atoms with van der Waals surface area (Å²) >= 11 is 0. The predicted molar refractivity (Wildman–Crippen MR) is 126 cm³/mol. The van der Waals surface area contributed by atoms with E-state index in [2.05, 4.69) is 15.0 Å². The topological polar surface area (TPSA) is 91.3 Å². The zero-order valence-corrected chi connectivity index (χ0v) is 19.0. The third-order valence-electron chi connectivity index (χ3n) is 6.27. The number of hydrogen-bond donors (Lipinski definition) is 0.